The van der Waals surface area contributed by atoms with E-state index in [1.54, 1.807) is 0 Å². The van der Waals surface area contributed by atoms with E-state index in [0.717, 1.165) is 19.8 Å². The lowest BCUT2D eigenvalue weighted by Crippen LogP contribution is -2.60. The fourth-order valence-electron chi connectivity index (χ4n) is 1.28. The zero-order valence-electron chi connectivity index (χ0n) is 5.54. The highest BCUT2D eigenvalue weighted by Gasteiger charge is 2.38. The first kappa shape index (κ1) is 5.65. The van der Waals surface area contributed by atoms with Gasteiger partial charge < -0.3 is 9.47 Å². The molecule has 0 bridgehead atoms. The molecule has 0 aliphatic carbocycles. The summed E-state index contributed by atoms with van der Waals surface area (Å²) in [5.74, 6) is 0. The smallest absolute Gasteiger partial charge is 0.139 e. The summed E-state index contributed by atoms with van der Waals surface area (Å²) >= 11 is 0. The van der Waals surface area contributed by atoms with Crippen molar-refractivity contribution in [1.29, 1.82) is 0 Å². The highest BCUT2D eigenvalue weighted by molar-refractivity contribution is 4.81. The van der Waals surface area contributed by atoms with E-state index in [9.17, 15) is 0 Å². The van der Waals surface area contributed by atoms with Crippen molar-refractivity contribution in [2.45, 2.75) is 12.3 Å². The van der Waals surface area contributed by atoms with Crippen LogP contribution in [0.15, 0.2) is 0 Å². The van der Waals surface area contributed by atoms with Crippen LogP contribution in [-0.4, -0.2) is 44.0 Å². The minimum absolute atomic E-state index is 0.263. The number of ether oxygens (including phenoxy) is 2. The lowest BCUT2D eigenvalue weighted by Gasteiger charge is -2.45. The third-order valence-electron chi connectivity index (χ3n) is 1.96. The van der Waals surface area contributed by atoms with Crippen molar-refractivity contribution in [1.82, 2.24) is 4.90 Å². The van der Waals surface area contributed by atoms with Crippen LogP contribution in [0.25, 0.3) is 0 Å². The lowest BCUT2D eigenvalue weighted by molar-refractivity contribution is -0.268. The van der Waals surface area contributed by atoms with Crippen molar-refractivity contribution in [3.8, 4) is 0 Å². The first-order chi connectivity index (χ1) is 4.38. The average Bonchev–Trinajstić information content (AvgIpc) is 1.74. The quantitative estimate of drug-likeness (QED) is 0.447. The van der Waals surface area contributed by atoms with Crippen molar-refractivity contribution in [3.63, 3.8) is 0 Å². The molecule has 0 radical (unpaired) electrons. The Bertz CT molecular complexity index is 112. The van der Waals surface area contributed by atoms with E-state index in [2.05, 4.69) is 11.9 Å². The van der Waals surface area contributed by atoms with Crippen LogP contribution in [0.4, 0.5) is 0 Å². The van der Waals surface area contributed by atoms with Crippen molar-refractivity contribution >= 4 is 0 Å². The predicted molar refractivity (Wildman–Crippen MR) is 32.1 cm³/mol. The van der Waals surface area contributed by atoms with Gasteiger partial charge in [-0.2, -0.15) is 0 Å². The molecule has 9 heavy (non-hydrogen) atoms. The van der Waals surface area contributed by atoms with Crippen LogP contribution < -0.4 is 0 Å². The second-order valence-corrected chi connectivity index (χ2v) is 2.61. The molecule has 2 saturated heterocycles. The molecule has 2 aliphatic rings. The Morgan fingerprint density at radius 3 is 2.78 bits per heavy atom. The SMILES string of the molecule is CN1CCOC2COC21. The van der Waals surface area contributed by atoms with Crippen molar-refractivity contribution in [2.75, 3.05) is 26.8 Å². The summed E-state index contributed by atoms with van der Waals surface area (Å²) < 4.78 is 10.6. The molecular weight excluding hydrogens is 118 g/mol. The zero-order valence-corrected chi connectivity index (χ0v) is 5.54. The van der Waals surface area contributed by atoms with Gasteiger partial charge in [0.2, 0.25) is 0 Å². The van der Waals surface area contributed by atoms with Crippen LogP contribution in [0.1, 0.15) is 0 Å². The maximum Gasteiger partial charge on any atom is 0.139 e. The van der Waals surface area contributed by atoms with Gasteiger partial charge in [0.1, 0.15) is 12.3 Å². The van der Waals surface area contributed by atoms with E-state index in [1.165, 1.54) is 0 Å². The second-order valence-electron chi connectivity index (χ2n) is 2.61. The minimum Gasteiger partial charge on any atom is -0.370 e. The number of rotatable bonds is 0. The van der Waals surface area contributed by atoms with E-state index < -0.39 is 0 Å². The summed E-state index contributed by atoms with van der Waals surface area (Å²) in [6.45, 7) is 2.65. The summed E-state index contributed by atoms with van der Waals surface area (Å²) in [4.78, 5) is 2.19. The monoisotopic (exact) mass is 129 g/mol. The van der Waals surface area contributed by atoms with E-state index in [0.29, 0.717) is 6.10 Å². The standard InChI is InChI=1S/C6H11NO2/c1-7-2-3-8-5-4-9-6(5)7/h5-6H,2-4H2,1H3. The average molecular weight is 129 g/mol. The van der Waals surface area contributed by atoms with E-state index in [4.69, 9.17) is 9.47 Å². The van der Waals surface area contributed by atoms with Crippen molar-refractivity contribution < 1.29 is 9.47 Å². The summed E-state index contributed by atoms with van der Waals surface area (Å²) in [6, 6.07) is 0. The van der Waals surface area contributed by atoms with Crippen LogP contribution in [-0.2, 0) is 9.47 Å². The van der Waals surface area contributed by atoms with Gasteiger partial charge >= 0.3 is 0 Å². The van der Waals surface area contributed by atoms with Gasteiger partial charge in [-0.05, 0) is 7.05 Å². The van der Waals surface area contributed by atoms with Crippen molar-refractivity contribution in [3.05, 3.63) is 0 Å². The third-order valence-corrected chi connectivity index (χ3v) is 1.96. The molecule has 0 aromatic rings. The molecule has 2 rings (SSSR count). The van der Waals surface area contributed by atoms with Gasteiger partial charge in [-0.15, -0.1) is 0 Å². The molecule has 2 unspecified atom stereocenters. The van der Waals surface area contributed by atoms with Crippen LogP contribution in [0.3, 0.4) is 0 Å². The maximum absolute atomic E-state index is 5.38. The number of hydrogen-bond acceptors (Lipinski definition) is 3. The fourth-order valence-corrected chi connectivity index (χ4v) is 1.28. The molecule has 2 fully saturated rings. The van der Waals surface area contributed by atoms with Gasteiger partial charge in [0.15, 0.2) is 0 Å². The summed E-state index contributed by atoms with van der Waals surface area (Å²) in [7, 11) is 2.07. The Hall–Kier alpha value is -0.120. The van der Waals surface area contributed by atoms with Gasteiger partial charge in [-0.3, -0.25) is 4.90 Å². The Morgan fingerprint density at radius 1 is 1.44 bits per heavy atom. The summed E-state index contributed by atoms with van der Waals surface area (Å²) in [5, 5.41) is 0. The summed E-state index contributed by atoms with van der Waals surface area (Å²) in [5.41, 5.74) is 0. The van der Waals surface area contributed by atoms with Gasteiger partial charge in [0, 0.05) is 6.54 Å². The van der Waals surface area contributed by atoms with Gasteiger partial charge in [-0.25, -0.2) is 0 Å². The highest BCUT2D eigenvalue weighted by atomic mass is 16.6. The van der Waals surface area contributed by atoms with Crippen LogP contribution in [0.2, 0.25) is 0 Å². The first-order valence-electron chi connectivity index (χ1n) is 3.31. The highest BCUT2D eigenvalue weighted by Crippen LogP contribution is 2.22. The van der Waals surface area contributed by atoms with E-state index >= 15 is 0 Å². The molecule has 3 heteroatoms. The second kappa shape index (κ2) is 1.94. The molecular formula is C6H11NO2. The number of nitrogens with zero attached hydrogens (tertiary/aromatic N) is 1. The van der Waals surface area contributed by atoms with Crippen molar-refractivity contribution in [2.24, 2.45) is 0 Å². The van der Waals surface area contributed by atoms with Gasteiger partial charge in [0.25, 0.3) is 0 Å². The molecule has 0 amide bonds. The lowest BCUT2D eigenvalue weighted by atomic mass is 10.2. The number of morpholine rings is 1. The van der Waals surface area contributed by atoms with E-state index in [1.807, 2.05) is 0 Å². The zero-order chi connectivity index (χ0) is 6.27. The predicted octanol–water partition coefficient (Wildman–Crippen LogP) is -0.327. The van der Waals surface area contributed by atoms with E-state index in [-0.39, 0.29) is 6.23 Å². The van der Waals surface area contributed by atoms with Crippen LogP contribution in [0, 0.1) is 0 Å². The van der Waals surface area contributed by atoms with Crippen LogP contribution >= 0.6 is 0 Å². The number of fused-ring (bicyclic) bond motifs is 1. The summed E-state index contributed by atoms with van der Waals surface area (Å²) in [6.07, 6.45) is 0.627. The van der Waals surface area contributed by atoms with Crippen LogP contribution in [0.5, 0.6) is 0 Å². The molecule has 0 aromatic heterocycles. The molecule has 52 valence electrons. The molecule has 0 aromatic carbocycles. The molecule has 2 atom stereocenters. The Kier molecular flexibility index (Phi) is 1.22. The third kappa shape index (κ3) is 0.764. The molecule has 0 saturated carbocycles. The molecule has 2 aliphatic heterocycles. The van der Waals surface area contributed by atoms with Gasteiger partial charge in [0.05, 0.1) is 13.2 Å². The Labute approximate surface area is 54.5 Å². The normalized spacial score (nSPS) is 43.7. The minimum atomic E-state index is 0.263. The van der Waals surface area contributed by atoms with Gasteiger partial charge in [-0.1, -0.05) is 0 Å². The largest absolute Gasteiger partial charge is 0.370 e. The number of hydrogen-bond donors (Lipinski definition) is 0. The Balaban J connectivity index is 1.98. The Morgan fingerprint density at radius 2 is 2.33 bits per heavy atom. The topological polar surface area (TPSA) is 21.7 Å². The molecule has 0 N–H and O–H groups in total. The number of likely N-dealkylation sites (N-methyl/N-ethyl adjacent to an activating group) is 1. The molecule has 0 spiro atoms. The maximum atomic E-state index is 5.38. The molecule has 2 heterocycles. The molecule has 3 nitrogen and oxygen atoms in total. The first-order valence-corrected chi connectivity index (χ1v) is 3.31. The fraction of sp³-hybridized carbons (Fsp3) is 1.00.